The first kappa shape index (κ1) is 20.0. The molecule has 140 valence electrons. The second-order valence-corrected chi connectivity index (χ2v) is 6.31. The molecule has 1 aromatic heterocycles. The number of carbonyl (C=O) groups is 2. The summed E-state index contributed by atoms with van der Waals surface area (Å²) in [7, 11) is 0. The van der Waals surface area contributed by atoms with Crippen molar-refractivity contribution in [2.45, 2.75) is 32.6 Å². The summed E-state index contributed by atoms with van der Waals surface area (Å²) < 4.78 is 0. The van der Waals surface area contributed by atoms with Gasteiger partial charge in [-0.05, 0) is 24.6 Å². The number of fused-ring (bicyclic) bond motifs is 1. The van der Waals surface area contributed by atoms with Crippen molar-refractivity contribution in [1.29, 1.82) is 0 Å². The molecule has 0 saturated carbocycles. The maximum Gasteiger partial charge on any atom is 0.267 e. The van der Waals surface area contributed by atoms with Crippen LogP contribution in [0.1, 0.15) is 32.6 Å². The molecule has 0 saturated heterocycles. The topological polar surface area (TPSA) is 126 Å². The lowest BCUT2D eigenvalue weighted by Gasteiger charge is -2.23. The highest BCUT2D eigenvalue weighted by Crippen LogP contribution is 2.19. The Balaban J connectivity index is 2.21. The van der Waals surface area contributed by atoms with Crippen molar-refractivity contribution >= 4 is 40.9 Å². The van der Waals surface area contributed by atoms with Gasteiger partial charge in [0.2, 0.25) is 12.3 Å². The summed E-state index contributed by atoms with van der Waals surface area (Å²) in [4.78, 5) is 27.6. The third kappa shape index (κ3) is 5.07. The van der Waals surface area contributed by atoms with Gasteiger partial charge in [-0.1, -0.05) is 37.8 Å². The van der Waals surface area contributed by atoms with Gasteiger partial charge in [0.25, 0.3) is 5.95 Å². The second-order valence-electron chi connectivity index (χ2n) is 5.87. The van der Waals surface area contributed by atoms with E-state index in [-0.39, 0.29) is 18.9 Å². The van der Waals surface area contributed by atoms with Crippen LogP contribution in [-0.4, -0.2) is 44.3 Å². The Morgan fingerprint density at radius 2 is 2.12 bits per heavy atom. The molecular formula is C16H21ClN6O3. The standard InChI is InChI=1S/C16H21ClN6O3/c1-2-3-4-5-11(9-22(26)10-24)15(25)23(18)16-19-14-8-12(17)6-7-13(14)20-21-16/h6-8,10-11,26H,2-5,9,18H2,1H3. The van der Waals surface area contributed by atoms with Crippen molar-refractivity contribution in [3.63, 3.8) is 0 Å². The molecule has 2 aromatic rings. The first-order valence-corrected chi connectivity index (χ1v) is 8.63. The average molecular weight is 381 g/mol. The lowest BCUT2D eigenvalue weighted by molar-refractivity contribution is -0.154. The van der Waals surface area contributed by atoms with E-state index in [1.165, 1.54) is 0 Å². The van der Waals surface area contributed by atoms with Crippen LogP contribution in [0.2, 0.25) is 5.02 Å². The average Bonchev–Trinajstić information content (AvgIpc) is 2.65. The smallest absolute Gasteiger partial charge is 0.267 e. The predicted molar refractivity (Wildman–Crippen MR) is 96.2 cm³/mol. The molecule has 1 heterocycles. The van der Waals surface area contributed by atoms with E-state index in [1.807, 2.05) is 6.92 Å². The lowest BCUT2D eigenvalue weighted by Crippen LogP contribution is -2.46. The fraction of sp³-hybridized carbons (Fsp3) is 0.438. The molecule has 0 aliphatic carbocycles. The molecule has 0 fully saturated rings. The summed E-state index contributed by atoms with van der Waals surface area (Å²) in [5.74, 6) is 4.62. The van der Waals surface area contributed by atoms with Crippen LogP contribution in [0.3, 0.4) is 0 Å². The van der Waals surface area contributed by atoms with E-state index >= 15 is 0 Å². The van der Waals surface area contributed by atoms with E-state index in [1.54, 1.807) is 18.2 Å². The first-order chi connectivity index (χ1) is 12.5. The van der Waals surface area contributed by atoms with Crippen molar-refractivity contribution in [2.75, 3.05) is 11.6 Å². The predicted octanol–water partition coefficient (Wildman–Crippen LogP) is 1.93. The third-order valence-corrected chi connectivity index (χ3v) is 4.13. The van der Waals surface area contributed by atoms with Crippen LogP contribution in [0.25, 0.3) is 11.0 Å². The molecule has 9 nitrogen and oxygen atoms in total. The van der Waals surface area contributed by atoms with Crippen molar-refractivity contribution < 1.29 is 14.8 Å². The van der Waals surface area contributed by atoms with Crippen LogP contribution in [-0.2, 0) is 9.59 Å². The molecule has 1 aromatic carbocycles. The maximum absolute atomic E-state index is 12.7. The zero-order valence-electron chi connectivity index (χ0n) is 14.4. The molecule has 1 unspecified atom stereocenters. The van der Waals surface area contributed by atoms with Gasteiger partial charge < -0.3 is 0 Å². The normalized spacial score (nSPS) is 12.0. The molecule has 0 radical (unpaired) electrons. The van der Waals surface area contributed by atoms with E-state index in [9.17, 15) is 14.8 Å². The Morgan fingerprint density at radius 3 is 2.81 bits per heavy atom. The summed E-state index contributed by atoms with van der Waals surface area (Å²) in [6, 6.07) is 4.91. The highest BCUT2D eigenvalue weighted by atomic mass is 35.5. The van der Waals surface area contributed by atoms with Crippen molar-refractivity contribution in [3.05, 3.63) is 23.2 Å². The zero-order valence-corrected chi connectivity index (χ0v) is 15.1. The quantitative estimate of drug-likeness (QED) is 0.170. The summed E-state index contributed by atoms with van der Waals surface area (Å²) in [6.45, 7) is 1.88. The number of nitrogens with zero attached hydrogens (tertiary/aromatic N) is 5. The number of aromatic nitrogens is 3. The summed E-state index contributed by atoms with van der Waals surface area (Å²) >= 11 is 5.94. The number of hydrogen-bond donors (Lipinski definition) is 2. The van der Waals surface area contributed by atoms with Crippen LogP contribution >= 0.6 is 11.6 Å². The zero-order chi connectivity index (χ0) is 19.1. The van der Waals surface area contributed by atoms with Crippen LogP contribution in [0.5, 0.6) is 0 Å². The van der Waals surface area contributed by atoms with Crippen molar-refractivity contribution in [1.82, 2.24) is 20.2 Å². The van der Waals surface area contributed by atoms with E-state index in [2.05, 4.69) is 15.2 Å². The number of nitrogens with two attached hydrogens (primary N) is 1. The Kier molecular flexibility index (Phi) is 7.19. The van der Waals surface area contributed by atoms with Crippen LogP contribution < -0.4 is 10.9 Å². The lowest BCUT2D eigenvalue weighted by atomic mass is 10.00. The summed E-state index contributed by atoms with van der Waals surface area (Å²) in [5, 5.41) is 19.0. The van der Waals surface area contributed by atoms with Crippen LogP contribution in [0.15, 0.2) is 18.2 Å². The molecule has 26 heavy (non-hydrogen) atoms. The van der Waals surface area contributed by atoms with Gasteiger partial charge in [-0.2, -0.15) is 0 Å². The van der Waals surface area contributed by atoms with Gasteiger partial charge in [-0.15, -0.1) is 10.2 Å². The molecule has 10 heteroatoms. The number of amides is 2. The van der Waals surface area contributed by atoms with Gasteiger partial charge in [0.1, 0.15) is 5.52 Å². The minimum Gasteiger partial charge on any atom is -0.286 e. The van der Waals surface area contributed by atoms with Crippen LogP contribution in [0.4, 0.5) is 5.95 Å². The monoisotopic (exact) mass is 380 g/mol. The third-order valence-electron chi connectivity index (χ3n) is 3.89. The van der Waals surface area contributed by atoms with Gasteiger partial charge in [0.15, 0.2) is 0 Å². The second kappa shape index (κ2) is 9.37. The molecule has 2 rings (SSSR count). The number of anilines is 1. The van der Waals surface area contributed by atoms with Gasteiger partial charge in [-0.25, -0.2) is 20.9 Å². The summed E-state index contributed by atoms with van der Waals surface area (Å²) in [6.07, 6.45) is 3.38. The van der Waals surface area contributed by atoms with E-state index < -0.39 is 11.8 Å². The highest BCUT2D eigenvalue weighted by Gasteiger charge is 2.27. The first-order valence-electron chi connectivity index (χ1n) is 8.25. The van der Waals surface area contributed by atoms with Gasteiger partial charge in [-0.3, -0.25) is 14.8 Å². The molecule has 0 spiro atoms. The van der Waals surface area contributed by atoms with Gasteiger partial charge >= 0.3 is 0 Å². The molecule has 0 bridgehead atoms. The SMILES string of the molecule is CCCCCC(CN(O)C=O)C(=O)N(N)c1nnc2ccc(Cl)cc2n1. The van der Waals surface area contributed by atoms with Gasteiger partial charge in [0, 0.05) is 5.02 Å². The minimum absolute atomic E-state index is 0.0825. The number of hydrazine groups is 1. The van der Waals surface area contributed by atoms with E-state index in [0.717, 1.165) is 24.3 Å². The Bertz CT molecular complexity index is 775. The molecule has 0 aliphatic heterocycles. The largest absolute Gasteiger partial charge is 0.286 e. The number of unbranched alkanes of at least 4 members (excludes halogenated alkanes) is 2. The Hall–Kier alpha value is -2.36. The number of hydroxylamine groups is 2. The minimum atomic E-state index is -0.680. The highest BCUT2D eigenvalue weighted by molar-refractivity contribution is 6.31. The van der Waals surface area contributed by atoms with Crippen molar-refractivity contribution in [2.24, 2.45) is 11.8 Å². The maximum atomic E-state index is 12.7. The van der Waals surface area contributed by atoms with Crippen LogP contribution in [0, 0.1) is 5.92 Å². The fourth-order valence-corrected chi connectivity index (χ4v) is 2.67. The number of benzene rings is 1. The molecule has 1 atom stereocenters. The fourth-order valence-electron chi connectivity index (χ4n) is 2.50. The van der Waals surface area contributed by atoms with Gasteiger partial charge in [0.05, 0.1) is 18.0 Å². The molecule has 2 amide bonds. The molecule has 0 aliphatic rings. The number of rotatable bonds is 9. The Morgan fingerprint density at radius 1 is 1.35 bits per heavy atom. The van der Waals surface area contributed by atoms with E-state index in [0.29, 0.717) is 27.5 Å². The summed E-state index contributed by atoms with van der Waals surface area (Å²) in [5.41, 5.74) is 0.964. The number of halogens is 1. The Labute approximate surface area is 155 Å². The number of carbonyl (C=O) groups excluding carboxylic acids is 2. The molecule has 3 N–H and O–H groups in total. The van der Waals surface area contributed by atoms with E-state index in [4.69, 9.17) is 17.4 Å². The number of hydrogen-bond acceptors (Lipinski definition) is 7. The van der Waals surface area contributed by atoms with Crippen molar-refractivity contribution in [3.8, 4) is 0 Å². The molecular weight excluding hydrogens is 360 g/mol.